The van der Waals surface area contributed by atoms with Crippen molar-refractivity contribution in [2.45, 2.75) is 38.3 Å². The fourth-order valence-electron chi connectivity index (χ4n) is 2.88. The third kappa shape index (κ3) is 5.36. The molecule has 0 saturated carbocycles. The van der Waals surface area contributed by atoms with Crippen LogP contribution < -0.4 is 5.32 Å². The summed E-state index contributed by atoms with van der Waals surface area (Å²) in [6, 6.07) is 10.9. The molecular formula is C17H26N2OS. The summed E-state index contributed by atoms with van der Waals surface area (Å²) < 4.78 is 0. The van der Waals surface area contributed by atoms with Crippen molar-refractivity contribution in [2.75, 3.05) is 25.1 Å². The van der Waals surface area contributed by atoms with Gasteiger partial charge in [-0.15, -0.1) is 0 Å². The first kappa shape index (κ1) is 16.4. The first-order valence-electron chi connectivity index (χ1n) is 7.84. The number of rotatable bonds is 9. The minimum atomic E-state index is 0.351. The molecule has 3 nitrogen and oxygen atoms in total. The standard InChI is InChI=1S/C17H26N2OS/c1-21-13-5-12-19-16(8-9-17(19)20)10-11-18-14-15-6-3-2-4-7-15/h2-4,6-7,16,18H,5,8-14H2,1H3. The molecule has 0 bridgehead atoms. The summed E-state index contributed by atoms with van der Waals surface area (Å²) in [5.74, 6) is 1.49. The molecule has 1 atom stereocenters. The van der Waals surface area contributed by atoms with Crippen LogP contribution in [0.3, 0.4) is 0 Å². The van der Waals surface area contributed by atoms with Crippen molar-refractivity contribution < 1.29 is 4.79 Å². The first-order valence-corrected chi connectivity index (χ1v) is 9.23. The largest absolute Gasteiger partial charge is 0.340 e. The molecule has 1 aromatic rings. The lowest BCUT2D eigenvalue weighted by Gasteiger charge is -2.25. The van der Waals surface area contributed by atoms with Gasteiger partial charge in [0.15, 0.2) is 0 Å². The molecule has 2 rings (SSSR count). The Labute approximate surface area is 132 Å². The Morgan fingerprint density at radius 2 is 2.14 bits per heavy atom. The molecule has 4 heteroatoms. The van der Waals surface area contributed by atoms with Crippen LogP contribution in [0.5, 0.6) is 0 Å². The zero-order valence-electron chi connectivity index (χ0n) is 12.9. The molecule has 1 fully saturated rings. The van der Waals surface area contributed by atoms with Crippen molar-refractivity contribution in [3.63, 3.8) is 0 Å². The van der Waals surface area contributed by atoms with E-state index in [0.717, 1.165) is 51.1 Å². The minimum absolute atomic E-state index is 0.351. The molecule has 1 N–H and O–H groups in total. The highest BCUT2D eigenvalue weighted by atomic mass is 32.2. The van der Waals surface area contributed by atoms with Crippen molar-refractivity contribution >= 4 is 17.7 Å². The van der Waals surface area contributed by atoms with Crippen molar-refractivity contribution in [3.8, 4) is 0 Å². The lowest BCUT2D eigenvalue weighted by atomic mass is 10.1. The zero-order valence-corrected chi connectivity index (χ0v) is 13.7. The number of nitrogens with one attached hydrogen (secondary N) is 1. The van der Waals surface area contributed by atoms with E-state index in [1.165, 1.54) is 5.56 Å². The normalized spacial score (nSPS) is 18.4. The van der Waals surface area contributed by atoms with Gasteiger partial charge in [-0.1, -0.05) is 30.3 Å². The number of carbonyl (C=O) groups is 1. The van der Waals surface area contributed by atoms with Gasteiger partial charge in [0.25, 0.3) is 0 Å². The number of amides is 1. The monoisotopic (exact) mass is 306 g/mol. The van der Waals surface area contributed by atoms with Crippen LogP contribution in [-0.2, 0) is 11.3 Å². The molecule has 1 aromatic carbocycles. The minimum Gasteiger partial charge on any atom is -0.340 e. The highest BCUT2D eigenvalue weighted by molar-refractivity contribution is 7.98. The Bertz CT molecular complexity index is 424. The average molecular weight is 306 g/mol. The summed E-state index contributed by atoms with van der Waals surface area (Å²) in [6.07, 6.45) is 6.07. The summed E-state index contributed by atoms with van der Waals surface area (Å²) in [7, 11) is 0. The SMILES string of the molecule is CSCCCN1C(=O)CCC1CCNCc1ccccc1. The van der Waals surface area contributed by atoms with Crippen molar-refractivity contribution in [1.82, 2.24) is 10.2 Å². The van der Waals surface area contributed by atoms with Crippen LogP contribution in [0.2, 0.25) is 0 Å². The third-order valence-electron chi connectivity index (χ3n) is 4.03. The zero-order chi connectivity index (χ0) is 14.9. The van der Waals surface area contributed by atoms with Gasteiger partial charge in [-0.05, 0) is 43.4 Å². The molecule has 116 valence electrons. The van der Waals surface area contributed by atoms with Crippen molar-refractivity contribution in [2.24, 2.45) is 0 Å². The summed E-state index contributed by atoms with van der Waals surface area (Å²) in [6.45, 7) is 2.82. The highest BCUT2D eigenvalue weighted by Crippen LogP contribution is 2.21. The van der Waals surface area contributed by atoms with Crippen molar-refractivity contribution in [3.05, 3.63) is 35.9 Å². The van der Waals surface area contributed by atoms with Gasteiger partial charge in [0, 0.05) is 25.6 Å². The molecule has 21 heavy (non-hydrogen) atoms. The Hall–Kier alpha value is -1.00. The average Bonchev–Trinajstić information content (AvgIpc) is 2.86. The van der Waals surface area contributed by atoms with E-state index in [1.54, 1.807) is 0 Å². The Balaban J connectivity index is 1.67. The molecule has 1 heterocycles. The van der Waals surface area contributed by atoms with Gasteiger partial charge in [-0.3, -0.25) is 4.79 Å². The van der Waals surface area contributed by atoms with E-state index in [2.05, 4.69) is 40.7 Å². The summed E-state index contributed by atoms with van der Waals surface area (Å²) in [5, 5.41) is 3.49. The predicted molar refractivity (Wildman–Crippen MR) is 90.5 cm³/mol. The van der Waals surface area contributed by atoms with Crippen molar-refractivity contribution in [1.29, 1.82) is 0 Å². The highest BCUT2D eigenvalue weighted by Gasteiger charge is 2.29. The molecule has 0 spiro atoms. The predicted octanol–water partition coefficient (Wildman–Crippen LogP) is 2.91. The summed E-state index contributed by atoms with van der Waals surface area (Å²) >= 11 is 1.86. The van der Waals surface area contributed by atoms with Gasteiger partial charge in [0.2, 0.25) is 5.91 Å². The summed E-state index contributed by atoms with van der Waals surface area (Å²) in [5.41, 5.74) is 1.32. The number of likely N-dealkylation sites (tertiary alicyclic amines) is 1. The first-order chi connectivity index (χ1) is 10.3. The Kier molecular flexibility index (Phi) is 7.10. The molecule has 1 aliphatic heterocycles. The maximum atomic E-state index is 11.9. The van der Waals surface area contributed by atoms with E-state index in [-0.39, 0.29) is 0 Å². The number of benzene rings is 1. The maximum Gasteiger partial charge on any atom is 0.222 e. The second-order valence-electron chi connectivity index (χ2n) is 5.58. The van der Waals surface area contributed by atoms with Gasteiger partial charge in [0.05, 0.1) is 0 Å². The van der Waals surface area contributed by atoms with Crippen LogP contribution in [-0.4, -0.2) is 41.9 Å². The lowest BCUT2D eigenvalue weighted by Crippen LogP contribution is -2.36. The number of hydrogen-bond donors (Lipinski definition) is 1. The molecule has 0 aliphatic carbocycles. The second-order valence-corrected chi connectivity index (χ2v) is 6.56. The van der Waals surface area contributed by atoms with Crippen LogP contribution in [0, 0.1) is 0 Å². The molecule has 0 aromatic heterocycles. The second kappa shape index (κ2) is 9.11. The number of hydrogen-bond acceptors (Lipinski definition) is 3. The number of nitrogens with zero attached hydrogens (tertiary/aromatic N) is 1. The quantitative estimate of drug-likeness (QED) is 0.712. The van der Waals surface area contributed by atoms with Crippen LogP contribution in [0.15, 0.2) is 30.3 Å². The van der Waals surface area contributed by atoms with E-state index < -0.39 is 0 Å². The smallest absolute Gasteiger partial charge is 0.222 e. The number of carbonyl (C=O) groups excluding carboxylic acids is 1. The molecule has 0 radical (unpaired) electrons. The lowest BCUT2D eigenvalue weighted by molar-refractivity contribution is -0.129. The van der Waals surface area contributed by atoms with Gasteiger partial charge in [0.1, 0.15) is 0 Å². The van der Waals surface area contributed by atoms with E-state index >= 15 is 0 Å². The van der Waals surface area contributed by atoms with Gasteiger partial charge >= 0.3 is 0 Å². The topological polar surface area (TPSA) is 32.3 Å². The molecule has 1 amide bonds. The van der Waals surface area contributed by atoms with E-state index in [0.29, 0.717) is 11.9 Å². The molecule has 1 aliphatic rings. The molecule has 1 unspecified atom stereocenters. The Morgan fingerprint density at radius 3 is 2.90 bits per heavy atom. The fraction of sp³-hybridized carbons (Fsp3) is 0.588. The molecular weight excluding hydrogens is 280 g/mol. The van der Waals surface area contributed by atoms with Gasteiger partial charge in [-0.2, -0.15) is 11.8 Å². The Morgan fingerprint density at radius 1 is 1.33 bits per heavy atom. The third-order valence-corrected chi connectivity index (χ3v) is 4.72. The summed E-state index contributed by atoms with van der Waals surface area (Å²) in [4.78, 5) is 14.0. The maximum absolute atomic E-state index is 11.9. The van der Waals surface area contributed by atoms with E-state index in [9.17, 15) is 4.79 Å². The van der Waals surface area contributed by atoms with Crippen LogP contribution >= 0.6 is 11.8 Å². The van der Waals surface area contributed by atoms with Crippen LogP contribution in [0.25, 0.3) is 0 Å². The van der Waals surface area contributed by atoms with Gasteiger partial charge in [-0.25, -0.2) is 0 Å². The van der Waals surface area contributed by atoms with E-state index in [4.69, 9.17) is 0 Å². The fourth-order valence-corrected chi connectivity index (χ4v) is 3.29. The van der Waals surface area contributed by atoms with Crippen LogP contribution in [0.1, 0.15) is 31.2 Å². The van der Waals surface area contributed by atoms with E-state index in [1.807, 2.05) is 17.8 Å². The van der Waals surface area contributed by atoms with Crippen LogP contribution in [0.4, 0.5) is 0 Å². The number of thioether (sulfide) groups is 1. The van der Waals surface area contributed by atoms with Gasteiger partial charge < -0.3 is 10.2 Å². The molecule has 1 saturated heterocycles.